The predicted octanol–water partition coefficient (Wildman–Crippen LogP) is 2.10. The van der Waals surface area contributed by atoms with E-state index in [1.54, 1.807) is 12.1 Å². The van der Waals surface area contributed by atoms with E-state index in [4.69, 9.17) is 5.73 Å². The Hall–Kier alpha value is -1.62. The number of benzene rings is 1. The van der Waals surface area contributed by atoms with Crippen LogP contribution in [0.25, 0.3) is 0 Å². The Balaban J connectivity index is 2.00. The molecule has 1 fully saturated rings. The number of amides is 1. The number of hydrogen-bond donors (Lipinski definition) is 2. The summed E-state index contributed by atoms with van der Waals surface area (Å²) in [5.74, 6) is -0.405. The fourth-order valence-corrected chi connectivity index (χ4v) is 2.29. The zero-order valence-corrected chi connectivity index (χ0v) is 11.0. The molecule has 0 saturated carbocycles. The van der Waals surface area contributed by atoms with Crippen molar-refractivity contribution in [3.63, 3.8) is 0 Å². The van der Waals surface area contributed by atoms with Crippen molar-refractivity contribution in [2.24, 2.45) is 5.73 Å². The van der Waals surface area contributed by atoms with E-state index >= 15 is 0 Å². The second kappa shape index (κ2) is 6.52. The summed E-state index contributed by atoms with van der Waals surface area (Å²) in [5.41, 5.74) is 6.46. The number of anilines is 2. The van der Waals surface area contributed by atoms with Gasteiger partial charge in [0.2, 0.25) is 5.91 Å². The quantitative estimate of drug-likeness (QED) is 0.857. The van der Waals surface area contributed by atoms with Gasteiger partial charge in [-0.05, 0) is 44.0 Å². The second-order valence-electron chi connectivity index (χ2n) is 4.80. The van der Waals surface area contributed by atoms with E-state index in [1.807, 2.05) is 4.90 Å². The van der Waals surface area contributed by atoms with Crippen molar-refractivity contribution in [2.45, 2.75) is 25.7 Å². The van der Waals surface area contributed by atoms with Crippen LogP contribution in [0.5, 0.6) is 0 Å². The zero-order chi connectivity index (χ0) is 13.7. The predicted molar refractivity (Wildman–Crippen MR) is 74.8 cm³/mol. The lowest BCUT2D eigenvalue weighted by Crippen LogP contribution is -2.19. The number of carbonyl (C=O) groups excluding carboxylic acids is 1. The van der Waals surface area contributed by atoms with Crippen LogP contribution in [-0.2, 0) is 4.79 Å². The molecule has 1 saturated heterocycles. The standard InChI is InChI=1S/C14H20FN3O/c15-12-10-11(17-14(19)4-3-7-16)5-6-13(12)18-8-1-2-9-18/h5-6,10H,1-4,7-9,16H2,(H,17,19). The van der Waals surface area contributed by atoms with E-state index in [0.717, 1.165) is 25.9 Å². The topological polar surface area (TPSA) is 58.4 Å². The fraction of sp³-hybridized carbons (Fsp3) is 0.500. The molecule has 0 radical (unpaired) electrons. The smallest absolute Gasteiger partial charge is 0.224 e. The van der Waals surface area contributed by atoms with Crippen LogP contribution in [-0.4, -0.2) is 25.5 Å². The normalized spacial score (nSPS) is 14.7. The van der Waals surface area contributed by atoms with Crippen LogP contribution in [0, 0.1) is 5.82 Å². The minimum Gasteiger partial charge on any atom is -0.369 e. The number of hydrogen-bond acceptors (Lipinski definition) is 3. The molecule has 104 valence electrons. The van der Waals surface area contributed by atoms with Gasteiger partial charge in [-0.3, -0.25) is 4.79 Å². The Kier molecular flexibility index (Phi) is 4.74. The van der Waals surface area contributed by atoms with Crippen molar-refractivity contribution in [3.05, 3.63) is 24.0 Å². The molecule has 0 unspecified atom stereocenters. The first-order chi connectivity index (χ1) is 9.20. The number of nitrogens with zero attached hydrogens (tertiary/aromatic N) is 1. The number of rotatable bonds is 5. The Morgan fingerprint density at radius 2 is 2.11 bits per heavy atom. The van der Waals surface area contributed by atoms with Crippen LogP contribution in [0.2, 0.25) is 0 Å². The molecule has 0 aromatic heterocycles. The summed E-state index contributed by atoms with van der Waals surface area (Å²) in [6, 6.07) is 4.87. The van der Waals surface area contributed by atoms with Gasteiger partial charge >= 0.3 is 0 Å². The first kappa shape index (κ1) is 13.8. The molecule has 5 heteroatoms. The van der Waals surface area contributed by atoms with E-state index in [1.165, 1.54) is 6.07 Å². The molecule has 4 nitrogen and oxygen atoms in total. The Bertz CT molecular complexity index is 444. The Labute approximate surface area is 112 Å². The van der Waals surface area contributed by atoms with E-state index in [0.29, 0.717) is 30.8 Å². The minimum absolute atomic E-state index is 0.126. The molecule has 0 atom stereocenters. The number of halogens is 1. The van der Waals surface area contributed by atoms with Crippen molar-refractivity contribution in [1.82, 2.24) is 0 Å². The minimum atomic E-state index is -0.279. The van der Waals surface area contributed by atoms with Crippen molar-refractivity contribution >= 4 is 17.3 Å². The van der Waals surface area contributed by atoms with Gasteiger partial charge < -0.3 is 16.0 Å². The highest BCUT2D eigenvalue weighted by molar-refractivity contribution is 5.90. The van der Waals surface area contributed by atoms with Gasteiger partial charge in [0.25, 0.3) is 0 Å². The first-order valence-corrected chi connectivity index (χ1v) is 6.75. The first-order valence-electron chi connectivity index (χ1n) is 6.75. The second-order valence-corrected chi connectivity index (χ2v) is 4.80. The summed E-state index contributed by atoms with van der Waals surface area (Å²) in [6.07, 6.45) is 3.22. The molecule has 0 bridgehead atoms. The molecule has 0 aliphatic carbocycles. The van der Waals surface area contributed by atoms with Crippen molar-refractivity contribution in [1.29, 1.82) is 0 Å². The van der Waals surface area contributed by atoms with Crippen molar-refractivity contribution < 1.29 is 9.18 Å². The van der Waals surface area contributed by atoms with Gasteiger partial charge in [0.15, 0.2) is 0 Å². The monoisotopic (exact) mass is 265 g/mol. The average molecular weight is 265 g/mol. The van der Waals surface area contributed by atoms with Crippen LogP contribution in [0.3, 0.4) is 0 Å². The molecule has 1 aliphatic heterocycles. The van der Waals surface area contributed by atoms with E-state index < -0.39 is 0 Å². The highest BCUT2D eigenvalue weighted by atomic mass is 19.1. The molecule has 0 spiro atoms. The maximum absolute atomic E-state index is 14.0. The van der Waals surface area contributed by atoms with Gasteiger partial charge in [-0.15, -0.1) is 0 Å². The van der Waals surface area contributed by atoms with Gasteiger partial charge in [-0.25, -0.2) is 4.39 Å². The molecule has 1 aliphatic rings. The average Bonchev–Trinajstić information content (AvgIpc) is 2.90. The van der Waals surface area contributed by atoms with Crippen molar-refractivity contribution in [2.75, 3.05) is 29.9 Å². The largest absolute Gasteiger partial charge is 0.369 e. The van der Waals surface area contributed by atoms with E-state index in [-0.39, 0.29) is 11.7 Å². The Morgan fingerprint density at radius 1 is 1.37 bits per heavy atom. The molecular formula is C14H20FN3O. The van der Waals surface area contributed by atoms with E-state index in [9.17, 15) is 9.18 Å². The van der Waals surface area contributed by atoms with Crippen LogP contribution in [0.1, 0.15) is 25.7 Å². The van der Waals surface area contributed by atoms with Crippen LogP contribution >= 0.6 is 0 Å². The van der Waals surface area contributed by atoms with Crippen LogP contribution in [0.15, 0.2) is 18.2 Å². The third-order valence-corrected chi connectivity index (χ3v) is 3.29. The Morgan fingerprint density at radius 3 is 2.74 bits per heavy atom. The number of nitrogens with two attached hydrogens (primary N) is 1. The highest BCUT2D eigenvalue weighted by Gasteiger charge is 2.16. The molecule has 19 heavy (non-hydrogen) atoms. The van der Waals surface area contributed by atoms with Gasteiger partial charge in [0, 0.05) is 25.2 Å². The molecule has 1 amide bonds. The zero-order valence-electron chi connectivity index (χ0n) is 11.0. The van der Waals surface area contributed by atoms with Gasteiger partial charge in [0.1, 0.15) is 5.82 Å². The lowest BCUT2D eigenvalue weighted by molar-refractivity contribution is -0.116. The molecule has 1 heterocycles. The highest BCUT2D eigenvalue weighted by Crippen LogP contribution is 2.26. The fourth-order valence-electron chi connectivity index (χ4n) is 2.29. The third kappa shape index (κ3) is 3.67. The SMILES string of the molecule is NCCCC(=O)Nc1ccc(N2CCCC2)c(F)c1. The number of nitrogens with one attached hydrogen (secondary N) is 1. The molecule has 2 rings (SSSR count). The van der Waals surface area contributed by atoms with Crippen LogP contribution < -0.4 is 16.0 Å². The summed E-state index contributed by atoms with van der Waals surface area (Å²) in [7, 11) is 0. The van der Waals surface area contributed by atoms with Crippen molar-refractivity contribution in [3.8, 4) is 0 Å². The maximum Gasteiger partial charge on any atom is 0.224 e. The van der Waals surface area contributed by atoms with Gasteiger partial charge in [-0.1, -0.05) is 0 Å². The molecule has 3 N–H and O–H groups in total. The molecule has 1 aromatic carbocycles. The maximum atomic E-state index is 14.0. The summed E-state index contributed by atoms with van der Waals surface area (Å²) in [5, 5.41) is 2.68. The lowest BCUT2D eigenvalue weighted by atomic mass is 10.2. The summed E-state index contributed by atoms with van der Waals surface area (Å²) >= 11 is 0. The summed E-state index contributed by atoms with van der Waals surface area (Å²) < 4.78 is 14.0. The third-order valence-electron chi connectivity index (χ3n) is 3.29. The van der Waals surface area contributed by atoms with Crippen LogP contribution in [0.4, 0.5) is 15.8 Å². The number of carbonyl (C=O) groups is 1. The van der Waals surface area contributed by atoms with Gasteiger partial charge in [-0.2, -0.15) is 0 Å². The lowest BCUT2D eigenvalue weighted by Gasteiger charge is -2.18. The summed E-state index contributed by atoms with van der Waals surface area (Å²) in [6.45, 7) is 2.29. The molecular weight excluding hydrogens is 245 g/mol. The van der Waals surface area contributed by atoms with E-state index in [2.05, 4.69) is 5.32 Å². The molecule has 1 aromatic rings. The summed E-state index contributed by atoms with van der Waals surface area (Å²) in [4.78, 5) is 13.6. The van der Waals surface area contributed by atoms with Gasteiger partial charge in [0.05, 0.1) is 5.69 Å².